The predicted octanol–water partition coefficient (Wildman–Crippen LogP) is 1.33. The molecule has 1 aliphatic heterocycles. The Kier molecular flexibility index (Phi) is 4.57. The summed E-state index contributed by atoms with van der Waals surface area (Å²) in [6.07, 6.45) is 3.18. The molecule has 0 spiro atoms. The van der Waals surface area contributed by atoms with Crippen LogP contribution in [0.25, 0.3) is 10.8 Å². The largest absolute Gasteiger partial charge is 0.354 e. The molecule has 0 saturated carbocycles. The van der Waals surface area contributed by atoms with Crippen LogP contribution in [0.5, 0.6) is 0 Å². The van der Waals surface area contributed by atoms with Crippen LogP contribution in [0.2, 0.25) is 0 Å². The first-order chi connectivity index (χ1) is 13.1. The molecule has 0 atom stereocenters. The number of nitrogens with one attached hydrogen (secondary N) is 2. The molecule has 8 nitrogen and oxygen atoms in total. The third-order valence-electron chi connectivity index (χ3n) is 4.63. The smallest absolute Gasteiger partial charge is 0.273 e. The van der Waals surface area contributed by atoms with Crippen LogP contribution in [0.15, 0.2) is 40.1 Å². The van der Waals surface area contributed by atoms with Gasteiger partial charge in [0, 0.05) is 19.6 Å². The molecule has 27 heavy (non-hydrogen) atoms. The number of rotatable bonds is 5. The number of hydrogen-bond acceptors (Lipinski definition) is 6. The Morgan fingerprint density at radius 3 is 2.67 bits per heavy atom. The van der Waals surface area contributed by atoms with Gasteiger partial charge in [0.25, 0.3) is 11.1 Å². The molecule has 140 valence electrons. The molecule has 0 amide bonds. The summed E-state index contributed by atoms with van der Waals surface area (Å²) >= 11 is 0. The summed E-state index contributed by atoms with van der Waals surface area (Å²) in [5.74, 6) is 0.133. The Morgan fingerprint density at radius 1 is 1.15 bits per heavy atom. The molecule has 1 fully saturated rings. The van der Waals surface area contributed by atoms with E-state index in [0.717, 1.165) is 32.1 Å². The monoisotopic (exact) mass is 370 g/mol. The number of aromatic nitrogens is 4. The molecule has 0 radical (unpaired) electrons. The first-order valence-corrected chi connectivity index (χ1v) is 8.87. The molecule has 2 aromatic heterocycles. The average Bonchev–Trinajstić information content (AvgIpc) is 3.21. The van der Waals surface area contributed by atoms with Crippen molar-refractivity contribution >= 4 is 22.5 Å². The Hall–Kier alpha value is -3.23. The zero-order valence-corrected chi connectivity index (χ0v) is 14.6. The van der Waals surface area contributed by atoms with Crippen LogP contribution >= 0.6 is 0 Å². The fourth-order valence-corrected chi connectivity index (χ4v) is 3.28. The Morgan fingerprint density at radius 2 is 1.89 bits per heavy atom. The van der Waals surface area contributed by atoms with E-state index in [4.69, 9.17) is 0 Å². The van der Waals surface area contributed by atoms with Gasteiger partial charge in [-0.1, -0.05) is 12.1 Å². The van der Waals surface area contributed by atoms with Crippen molar-refractivity contribution in [3.63, 3.8) is 0 Å². The maximum atomic E-state index is 14.0. The summed E-state index contributed by atoms with van der Waals surface area (Å²) in [6, 6.07) is 6.68. The Balaban J connectivity index is 1.50. The highest BCUT2D eigenvalue weighted by Gasteiger charge is 2.18. The third kappa shape index (κ3) is 3.40. The molecule has 4 rings (SSSR count). The summed E-state index contributed by atoms with van der Waals surface area (Å²) in [5.41, 5.74) is -0.593. The second-order valence-electron chi connectivity index (χ2n) is 6.43. The zero-order valence-electron chi connectivity index (χ0n) is 14.6. The van der Waals surface area contributed by atoms with E-state index in [1.807, 2.05) is 4.90 Å². The van der Waals surface area contributed by atoms with Gasteiger partial charge in [0.1, 0.15) is 0 Å². The van der Waals surface area contributed by atoms with Crippen LogP contribution in [0.1, 0.15) is 12.8 Å². The van der Waals surface area contributed by atoms with Gasteiger partial charge in [-0.3, -0.25) is 14.7 Å². The lowest BCUT2D eigenvalue weighted by atomic mass is 10.2. The number of anilines is 2. The number of nitrogens with zero attached hydrogens (tertiary/aromatic N) is 4. The van der Waals surface area contributed by atoms with Crippen molar-refractivity contribution in [2.24, 2.45) is 0 Å². The number of aromatic amines is 1. The minimum Gasteiger partial charge on any atom is -0.354 e. The van der Waals surface area contributed by atoms with Crippen LogP contribution in [0.4, 0.5) is 16.2 Å². The number of benzene rings is 1. The highest BCUT2D eigenvalue weighted by Crippen LogP contribution is 2.21. The Bertz CT molecular complexity index is 1090. The van der Waals surface area contributed by atoms with Crippen molar-refractivity contribution in [2.75, 3.05) is 29.9 Å². The van der Waals surface area contributed by atoms with E-state index in [-0.39, 0.29) is 23.6 Å². The fourth-order valence-electron chi connectivity index (χ4n) is 3.28. The van der Waals surface area contributed by atoms with Gasteiger partial charge in [0.15, 0.2) is 11.6 Å². The summed E-state index contributed by atoms with van der Waals surface area (Å²) in [5, 5.41) is 6.29. The van der Waals surface area contributed by atoms with Crippen molar-refractivity contribution in [1.82, 2.24) is 19.7 Å². The van der Waals surface area contributed by atoms with Gasteiger partial charge >= 0.3 is 0 Å². The minimum absolute atomic E-state index is 0.221. The fraction of sp³-hybridized carbons (Fsp3) is 0.333. The first-order valence-electron chi connectivity index (χ1n) is 8.87. The van der Waals surface area contributed by atoms with Crippen LogP contribution in [0.3, 0.4) is 0 Å². The molecular formula is C18H19FN6O2. The van der Waals surface area contributed by atoms with Crippen molar-refractivity contribution < 1.29 is 4.39 Å². The molecule has 2 N–H and O–H groups in total. The van der Waals surface area contributed by atoms with E-state index < -0.39 is 5.82 Å². The van der Waals surface area contributed by atoms with Crippen LogP contribution in [-0.2, 0) is 6.54 Å². The van der Waals surface area contributed by atoms with Gasteiger partial charge < -0.3 is 10.2 Å². The van der Waals surface area contributed by atoms with E-state index in [0.29, 0.717) is 23.1 Å². The van der Waals surface area contributed by atoms with E-state index in [1.54, 1.807) is 24.3 Å². The van der Waals surface area contributed by atoms with Crippen LogP contribution in [0, 0.1) is 5.82 Å². The summed E-state index contributed by atoms with van der Waals surface area (Å²) in [7, 11) is 0. The third-order valence-corrected chi connectivity index (χ3v) is 4.63. The van der Waals surface area contributed by atoms with E-state index in [2.05, 4.69) is 20.4 Å². The first kappa shape index (κ1) is 17.2. The maximum absolute atomic E-state index is 14.0. The normalized spacial score (nSPS) is 14.0. The molecule has 1 aromatic carbocycles. The maximum Gasteiger partial charge on any atom is 0.273 e. The minimum atomic E-state index is -0.447. The summed E-state index contributed by atoms with van der Waals surface area (Å²) in [4.78, 5) is 34.7. The van der Waals surface area contributed by atoms with Gasteiger partial charge in [-0.25, -0.2) is 14.1 Å². The highest BCUT2D eigenvalue weighted by molar-refractivity contribution is 5.80. The SMILES string of the molecule is O=c1[nH]n(CCNc2ncc(F)c(N3CCCC3)n2)c(=O)c2ccccc12. The van der Waals surface area contributed by atoms with Crippen LogP contribution < -0.4 is 21.3 Å². The van der Waals surface area contributed by atoms with Crippen molar-refractivity contribution in [3.05, 3.63) is 57.0 Å². The highest BCUT2D eigenvalue weighted by atomic mass is 19.1. The second kappa shape index (κ2) is 7.18. The van der Waals surface area contributed by atoms with Crippen LogP contribution in [-0.4, -0.2) is 39.4 Å². The molecule has 1 saturated heterocycles. The van der Waals surface area contributed by atoms with Gasteiger partial charge in [0.2, 0.25) is 5.95 Å². The van der Waals surface area contributed by atoms with Gasteiger partial charge in [-0.2, -0.15) is 4.98 Å². The van der Waals surface area contributed by atoms with E-state index in [1.165, 1.54) is 4.68 Å². The number of hydrogen-bond donors (Lipinski definition) is 2. The molecule has 0 bridgehead atoms. The number of H-pyrrole nitrogens is 1. The molecule has 1 aliphatic rings. The lowest BCUT2D eigenvalue weighted by Gasteiger charge is -2.17. The molecular weight excluding hydrogens is 351 g/mol. The van der Waals surface area contributed by atoms with E-state index in [9.17, 15) is 14.0 Å². The molecule has 3 aromatic rings. The predicted molar refractivity (Wildman–Crippen MR) is 101 cm³/mol. The summed E-state index contributed by atoms with van der Waals surface area (Å²) in [6.45, 7) is 2.08. The number of fused-ring (bicyclic) bond motifs is 1. The Labute approximate surface area is 153 Å². The average molecular weight is 370 g/mol. The van der Waals surface area contributed by atoms with Crippen molar-refractivity contribution in [1.29, 1.82) is 0 Å². The molecule has 0 unspecified atom stereocenters. The standard InChI is InChI=1S/C18H19FN6O2/c19-14-11-21-18(22-15(14)24-8-3-4-9-24)20-7-10-25-17(27)13-6-2-1-5-12(13)16(26)23-25/h1-2,5-6,11H,3-4,7-10H2,(H,23,26)(H,20,21,22). The topological polar surface area (TPSA) is 95.9 Å². The molecule has 9 heteroatoms. The molecule has 3 heterocycles. The molecule has 0 aliphatic carbocycles. The van der Waals surface area contributed by atoms with Gasteiger partial charge in [0.05, 0.1) is 23.5 Å². The quantitative estimate of drug-likeness (QED) is 0.704. The van der Waals surface area contributed by atoms with Gasteiger partial charge in [-0.05, 0) is 25.0 Å². The van der Waals surface area contributed by atoms with Crippen molar-refractivity contribution in [2.45, 2.75) is 19.4 Å². The lowest BCUT2D eigenvalue weighted by molar-refractivity contribution is 0.592. The second-order valence-corrected chi connectivity index (χ2v) is 6.43. The zero-order chi connectivity index (χ0) is 18.8. The summed E-state index contributed by atoms with van der Waals surface area (Å²) < 4.78 is 15.2. The van der Waals surface area contributed by atoms with Crippen molar-refractivity contribution in [3.8, 4) is 0 Å². The number of halogens is 1. The lowest BCUT2D eigenvalue weighted by Crippen LogP contribution is -2.32. The van der Waals surface area contributed by atoms with Gasteiger partial charge in [-0.15, -0.1) is 0 Å². The van der Waals surface area contributed by atoms with E-state index >= 15 is 0 Å².